The van der Waals surface area contributed by atoms with Crippen LogP contribution >= 0.6 is 0 Å². The van der Waals surface area contributed by atoms with Crippen LogP contribution in [0.2, 0.25) is 0 Å². The van der Waals surface area contributed by atoms with Crippen LogP contribution in [-0.4, -0.2) is 24.0 Å². The predicted molar refractivity (Wildman–Crippen MR) is 61.0 cm³/mol. The van der Waals surface area contributed by atoms with E-state index in [-0.39, 0.29) is 0 Å². The van der Waals surface area contributed by atoms with E-state index in [4.69, 9.17) is 5.26 Å². The molecule has 2 heteroatoms. The first kappa shape index (κ1) is 13.2. The summed E-state index contributed by atoms with van der Waals surface area (Å²) in [5, 5.41) is 8.53. The van der Waals surface area contributed by atoms with Crippen LogP contribution in [0.1, 0.15) is 40.5 Å². The largest absolute Gasteiger partial charge is 0.296 e. The van der Waals surface area contributed by atoms with E-state index in [0.29, 0.717) is 12.5 Å². The zero-order valence-corrected chi connectivity index (χ0v) is 9.88. The van der Waals surface area contributed by atoms with Crippen LogP contribution in [0.25, 0.3) is 0 Å². The molecule has 1 atom stereocenters. The van der Waals surface area contributed by atoms with Gasteiger partial charge in [0.2, 0.25) is 0 Å². The number of nitrogens with zero attached hydrogens (tertiary/aromatic N) is 2. The van der Waals surface area contributed by atoms with Gasteiger partial charge in [0, 0.05) is 19.1 Å². The van der Waals surface area contributed by atoms with E-state index in [2.05, 4.69) is 30.9 Å². The van der Waals surface area contributed by atoms with Crippen molar-refractivity contribution in [3.8, 4) is 6.07 Å². The topological polar surface area (TPSA) is 27.0 Å². The molecule has 1 rings (SSSR count). The summed E-state index contributed by atoms with van der Waals surface area (Å²) in [5.41, 5.74) is 1.48. The molecule has 0 saturated heterocycles. The lowest BCUT2D eigenvalue weighted by Crippen LogP contribution is -2.36. The third-order valence-corrected chi connectivity index (χ3v) is 2.48. The molecule has 1 unspecified atom stereocenters. The summed E-state index contributed by atoms with van der Waals surface area (Å²) in [4.78, 5) is 2.36. The minimum atomic E-state index is 0.416. The van der Waals surface area contributed by atoms with E-state index in [1.807, 2.05) is 13.8 Å². The molecule has 1 aliphatic heterocycles. The van der Waals surface area contributed by atoms with Crippen molar-refractivity contribution >= 4 is 0 Å². The van der Waals surface area contributed by atoms with Crippen molar-refractivity contribution in [2.75, 3.05) is 13.1 Å². The quantitative estimate of drug-likeness (QED) is 0.632. The Labute approximate surface area is 88.2 Å². The number of hydrogen-bond donors (Lipinski definition) is 0. The van der Waals surface area contributed by atoms with Gasteiger partial charge >= 0.3 is 0 Å². The lowest BCUT2D eigenvalue weighted by Gasteiger charge is -2.29. The second kappa shape index (κ2) is 7.58. The molecule has 0 spiro atoms. The van der Waals surface area contributed by atoms with Crippen molar-refractivity contribution in [3.05, 3.63) is 11.6 Å². The third-order valence-electron chi connectivity index (χ3n) is 2.48. The van der Waals surface area contributed by atoms with Crippen LogP contribution in [0.3, 0.4) is 0 Å². The highest BCUT2D eigenvalue weighted by Gasteiger charge is 2.14. The Morgan fingerprint density at radius 3 is 2.64 bits per heavy atom. The van der Waals surface area contributed by atoms with Gasteiger partial charge in [-0.3, -0.25) is 4.90 Å². The normalized spacial score (nSPS) is 18.6. The van der Waals surface area contributed by atoms with Gasteiger partial charge in [0.05, 0.1) is 12.5 Å². The maximum absolute atomic E-state index is 8.53. The SMILES string of the molecule is CC.CC1=CCN(C(C)CC#N)CC1. The Bertz CT molecular complexity index is 213. The fourth-order valence-electron chi connectivity index (χ4n) is 1.45. The summed E-state index contributed by atoms with van der Waals surface area (Å²) in [6.45, 7) is 10.4. The molecule has 0 bridgehead atoms. The molecule has 0 radical (unpaired) electrons. The van der Waals surface area contributed by atoms with E-state index in [9.17, 15) is 0 Å². The highest BCUT2D eigenvalue weighted by atomic mass is 15.1. The first-order chi connectivity index (χ1) is 6.74. The number of rotatable bonds is 2. The summed E-state index contributed by atoms with van der Waals surface area (Å²) in [7, 11) is 0. The van der Waals surface area contributed by atoms with Gasteiger partial charge in [-0.25, -0.2) is 0 Å². The molecule has 1 aliphatic rings. The minimum absolute atomic E-state index is 0.416. The van der Waals surface area contributed by atoms with Crippen LogP contribution in [0.4, 0.5) is 0 Å². The van der Waals surface area contributed by atoms with Gasteiger partial charge in [0.1, 0.15) is 0 Å². The maximum atomic E-state index is 8.53. The van der Waals surface area contributed by atoms with Crippen LogP contribution in [0.5, 0.6) is 0 Å². The fraction of sp³-hybridized carbons (Fsp3) is 0.750. The molecule has 2 nitrogen and oxygen atoms in total. The third kappa shape index (κ3) is 4.43. The van der Waals surface area contributed by atoms with Crippen molar-refractivity contribution in [2.45, 2.75) is 46.6 Å². The Balaban J connectivity index is 0.000000791. The van der Waals surface area contributed by atoms with Gasteiger partial charge in [-0.15, -0.1) is 0 Å². The molecule has 0 amide bonds. The average molecular weight is 194 g/mol. The number of hydrogen-bond acceptors (Lipinski definition) is 2. The molecule has 14 heavy (non-hydrogen) atoms. The number of nitriles is 1. The Morgan fingerprint density at radius 2 is 2.21 bits per heavy atom. The van der Waals surface area contributed by atoms with Gasteiger partial charge in [-0.1, -0.05) is 25.5 Å². The Hall–Kier alpha value is -0.810. The van der Waals surface area contributed by atoms with Crippen LogP contribution in [0, 0.1) is 11.3 Å². The molecule has 0 saturated carbocycles. The second-order valence-electron chi connectivity index (χ2n) is 3.51. The van der Waals surface area contributed by atoms with Gasteiger partial charge in [0.15, 0.2) is 0 Å². The van der Waals surface area contributed by atoms with E-state index >= 15 is 0 Å². The van der Waals surface area contributed by atoms with E-state index < -0.39 is 0 Å². The summed E-state index contributed by atoms with van der Waals surface area (Å²) < 4.78 is 0. The molecule has 1 heterocycles. The fourth-order valence-corrected chi connectivity index (χ4v) is 1.45. The van der Waals surface area contributed by atoms with Gasteiger partial charge < -0.3 is 0 Å². The van der Waals surface area contributed by atoms with Gasteiger partial charge in [0.25, 0.3) is 0 Å². The summed E-state index contributed by atoms with van der Waals surface area (Å²) in [5.74, 6) is 0. The van der Waals surface area contributed by atoms with Crippen LogP contribution in [0.15, 0.2) is 11.6 Å². The maximum Gasteiger partial charge on any atom is 0.0638 e. The highest BCUT2D eigenvalue weighted by molar-refractivity contribution is 5.04. The first-order valence-corrected chi connectivity index (χ1v) is 5.50. The zero-order valence-electron chi connectivity index (χ0n) is 9.88. The van der Waals surface area contributed by atoms with Gasteiger partial charge in [-0.2, -0.15) is 5.26 Å². The van der Waals surface area contributed by atoms with Crippen molar-refractivity contribution < 1.29 is 0 Å². The minimum Gasteiger partial charge on any atom is -0.296 e. The molecule has 0 aromatic rings. The standard InChI is InChI=1S/C10H16N2.C2H6/c1-9-4-7-12(8-5-9)10(2)3-6-11;1-2/h4,10H,3,5,7-8H2,1-2H3;1-2H3. The van der Waals surface area contributed by atoms with Crippen molar-refractivity contribution in [1.29, 1.82) is 5.26 Å². The molecule has 0 fully saturated rings. The van der Waals surface area contributed by atoms with Crippen molar-refractivity contribution in [2.24, 2.45) is 0 Å². The zero-order chi connectivity index (χ0) is 11.0. The molecule has 0 aromatic heterocycles. The summed E-state index contributed by atoms with van der Waals surface area (Å²) in [6.07, 6.45) is 4.07. The van der Waals surface area contributed by atoms with Crippen LogP contribution in [-0.2, 0) is 0 Å². The smallest absolute Gasteiger partial charge is 0.0638 e. The van der Waals surface area contributed by atoms with Gasteiger partial charge in [-0.05, 0) is 20.3 Å². The van der Waals surface area contributed by atoms with Crippen molar-refractivity contribution in [1.82, 2.24) is 4.90 Å². The lowest BCUT2D eigenvalue weighted by molar-refractivity contribution is 0.227. The molecular formula is C12H22N2. The Morgan fingerprint density at radius 1 is 1.57 bits per heavy atom. The molecule has 0 aliphatic carbocycles. The monoisotopic (exact) mass is 194 g/mol. The lowest BCUT2D eigenvalue weighted by atomic mass is 10.1. The highest BCUT2D eigenvalue weighted by Crippen LogP contribution is 2.13. The van der Waals surface area contributed by atoms with E-state index in [1.165, 1.54) is 5.57 Å². The van der Waals surface area contributed by atoms with Crippen LogP contribution < -0.4 is 0 Å². The molecule has 80 valence electrons. The summed E-state index contributed by atoms with van der Waals surface area (Å²) >= 11 is 0. The van der Waals surface area contributed by atoms with E-state index in [0.717, 1.165) is 19.5 Å². The Kier molecular flexibility index (Phi) is 7.14. The van der Waals surface area contributed by atoms with Crippen molar-refractivity contribution in [3.63, 3.8) is 0 Å². The molecule has 0 aromatic carbocycles. The van der Waals surface area contributed by atoms with E-state index in [1.54, 1.807) is 0 Å². The molecular weight excluding hydrogens is 172 g/mol. The average Bonchev–Trinajstić information content (AvgIpc) is 2.22. The first-order valence-electron chi connectivity index (χ1n) is 5.50. The predicted octanol–water partition coefficient (Wildman–Crippen LogP) is 2.97. The second-order valence-corrected chi connectivity index (χ2v) is 3.51. The summed E-state index contributed by atoms with van der Waals surface area (Å²) in [6, 6.07) is 2.63. The molecule has 0 N–H and O–H groups in total.